The average Bonchev–Trinajstić information content (AvgIpc) is 3.49. The molecule has 0 N–H and O–H groups in total. The average molecular weight is 808 g/mol. The van der Waals surface area contributed by atoms with Crippen molar-refractivity contribution >= 4 is 46.0 Å². The van der Waals surface area contributed by atoms with E-state index in [-0.39, 0.29) is 25.9 Å². The fourth-order valence-electron chi connectivity index (χ4n) is 5.43. The van der Waals surface area contributed by atoms with Gasteiger partial charge in [-0.05, 0) is 44.5 Å². The smallest absolute Gasteiger partial charge is 0.121 e. The molecule has 0 saturated heterocycles. The number of halogens is 1. The number of fused-ring (bicyclic) bond motifs is 4. The van der Waals surface area contributed by atoms with E-state index in [0.29, 0.717) is 17.2 Å². The van der Waals surface area contributed by atoms with E-state index in [9.17, 15) is 4.39 Å². The Labute approximate surface area is 289 Å². The van der Waals surface area contributed by atoms with Crippen molar-refractivity contribution in [1.29, 1.82) is 0 Å². The Bertz CT molecular complexity index is 2350. The van der Waals surface area contributed by atoms with Crippen LogP contribution in [0.3, 0.4) is 0 Å². The molecule has 1 radical (unpaired) electrons. The fraction of sp³-hybridized carbons (Fsp3) is 0.0732. The molecule has 5 aromatic carbocycles. The second-order valence-electron chi connectivity index (χ2n) is 12.2. The van der Waals surface area contributed by atoms with Gasteiger partial charge in [-0.3, -0.25) is 4.39 Å². The molecule has 3 aromatic heterocycles. The first kappa shape index (κ1) is 30.9. The van der Waals surface area contributed by atoms with Crippen molar-refractivity contribution in [3.8, 4) is 33.6 Å². The van der Waals surface area contributed by atoms with Crippen LogP contribution in [0.5, 0.6) is 0 Å². The van der Waals surface area contributed by atoms with Crippen molar-refractivity contribution in [3.63, 3.8) is 0 Å². The SMILES string of the molecule is C[Si](C)(C)c1ccc(-c2[c-]cc(F)cc2)nc1.[2H]c1c(-c2ccccc2)ccc2c1oc1c(-c3cc4ccccc4cn3)[c-]ccc12.[Ir]. The molecule has 0 saturated carbocycles. The summed E-state index contributed by atoms with van der Waals surface area (Å²) in [4.78, 5) is 9.07. The minimum absolute atomic E-state index is 0. The molecule has 0 aliphatic heterocycles. The molecule has 8 aromatic rings. The largest absolute Gasteiger partial charge is 0.501 e. The number of benzene rings is 5. The van der Waals surface area contributed by atoms with Gasteiger partial charge in [-0.25, -0.2) is 0 Å². The molecular weight excluding hydrogens is 776 g/mol. The molecule has 47 heavy (non-hydrogen) atoms. The fourth-order valence-corrected chi connectivity index (χ4v) is 6.46. The van der Waals surface area contributed by atoms with Gasteiger partial charge in [-0.1, -0.05) is 116 Å². The van der Waals surface area contributed by atoms with Crippen molar-refractivity contribution in [2.24, 2.45) is 0 Å². The summed E-state index contributed by atoms with van der Waals surface area (Å²) >= 11 is 0. The van der Waals surface area contributed by atoms with Gasteiger partial charge in [0.15, 0.2) is 0 Å². The number of hydrogen-bond donors (Lipinski definition) is 0. The molecule has 233 valence electrons. The third-order valence-electron chi connectivity index (χ3n) is 8.01. The number of rotatable bonds is 4. The van der Waals surface area contributed by atoms with Crippen molar-refractivity contribution in [1.82, 2.24) is 9.97 Å². The molecule has 8 rings (SSSR count). The second-order valence-corrected chi connectivity index (χ2v) is 17.3. The first-order valence-corrected chi connectivity index (χ1v) is 18.7. The van der Waals surface area contributed by atoms with Gasteiger partial charge in [0.05, 0.1) is 15.0 Å². The summed E-state index contributed by atoms with van der Waals surface area (Å²) in [6.07, 6.45) is 3.81. The summed E-state index contributed by atoms with van der Waals surface area (Å²) in [5, 5.41) is 5.45. The van der Waals surface area contributed by atoms with Crippen LogP contribution in [-0.2, 0) is 20.1 Å². The van der Waals surface area contributed by atoms with E-state index in [2.05, 4.69) is 66.0 Å². The Kier molecular flexibility index (Phi) is 8.90. The molecule has 0 aliphatic rings. The molecule has 0 atom stereocenters. The number of aromatic nitrogens is 2. The van der Waals surface area contributed by atoms with Crippen molar-refractivity contribution in [2.45, 2.75) is 19.6 Å². The monoisotopic (exact) mass is 808 g/mol. The van der Waals surface area contributed by atoms with Crippen LogP contribution < -0.4 is 5.19 Å². The van der Waals surface area contributed by atoms with Gasteiger partial charge in [0.1, 0.15) is 5.58 Å². The van der Waals surface area contributed by atoms with Crippen LogP contribution in [0.1, 0.15) is 1.37 Å². The van der Waals surface area contributed by atoms with Gasteiger partial charge >= 0.3 is 0 Å². The standard InChI is InChI=1S/C27H16NO.C14H15FNSi.Ir/c1-2-7-18(8-3-1)20-13-14-22-23-11-6-12-24(27(23)29-26(22)16-20)25-15-19-9-4-5-10-21(19)17-28-25;1-17(2,3)13-8-9-14(16-10-13)11-4-6-12(15)7-5-11;/h1-11,13-17H;4,6-10H,1-3H3;/q2*-1;/i16D;;. The Balaban J connectivity index is 0.000000191. The van der Waals surface area contributed by atoms with Crippen LogP contribution in [0.15, 0.2) is 138 Å². The van der Waals surface area contributed by atoms with Crippen molar-refractivity contribution < 1.29 is 30.3 Å². The normalized spacial score (nSPS) is 11.5. The minimum atomic E-state index is -1.30. The van der Waals surface area contributed by atoms with Crippen LogP contribution >= 0.6 is 0 Å². The Morgan fingerprint density at radius 1 is 0.723 bits per heavy atom. The first-order valence-electron chi connectivity index (χ1n) is 15.7. The van der Waals surface area contributed by atoms with Crippen LogP contribution in [0, 0.1) is 17.9 Å². The summed E-state index contributed by atoms with van der Waals surface area (Å²) < 4.78 is 27.8. The molecule has 6 heteroatoms. The molecule has 3 heterocycles. The summed E-state index contributed by atoms with van der Waals surface area (Å²) in [5.74, 6) is -0.271. The van der Waals surface area contributed by atoms with Gasteiger partial charge in [0.2, 0.25) is 0 Å². The van der Waals surface area contributed by atoms with E-state index in [4.69, 9.17) is 5.79 Å². The molecule has 3 nitrogen and oxygen atoms in total. The zero-order valence-electron chi connectivity index (χ0n) is 27.1. The Morgan fingerprint density at radius 3 is 2.21 bits per heavy atom. The Morgan fingerprint density at radius 2 is 1.49 bits per heavy atom. The molecule has 0 spiro atoms. The van der Waals surface area contributed by atoms with Gasteiger partial charge in [-0.15, -0.1) is 48.0 Å². The summed E-state index contributed by atoms with van der Waals surface area (Å²) in [6.45, 7) is 6.86. The van der Waals surface area contributed by atoms with E-state index < -0.39 is 8.07 Å². The predicted molar refractivity (Wildman–Crippen MR) is 190 cm³/mol. The molecular formula is C41H31FIrN2OSi-2. The van der Waals surface area contributed by atoms with Crippen LogP contribution in [0.2, 0.25) is 19.6 Å². The topological polar surface area (TPSA) is 38.9 Å². The van der Waals surface area contributed by atoms with Gasteiger partial charge in [0, 0.05) is 43.7 Å². The summed E-state index contributed by atoms with van der Waals surface area (Å²) in [5.41, 5.74) is 6.47. The van der Waals surface area contributed by atoms with E-state index in [0.717, 1.165) is 55.2 Å². The van der Waals surface area contributed by atoms with Gasteiger partial charge in [-0.2, -0.15) is 0 Å². The maximum Gasteiger partial charge on any atom is 0.121 e. The summed E-state index contributed by atoms with van der Waals surface area (Å²) in [7, 11) is -1.30. The number of pyridine rings is 2. The zero-order valence-corrected chi connectivity index (χ0v) is 29.5. The van der Waals surface area contributed by atoms with Crippen LogP contribution in [0.4, 0.5) is 4.39 Å². The third-order valence-corrected chi connectivity index (χ3v) is 10.0. The van der Waals surface area contributed by atoms with Crippen molar-refractivity contribution in [3.05, 3.63) is 152 Å². The maximum atomic E-state index is 12.8. The van der Waals surface area contributed by atoms with Gasteiger partial charge in [0.25, 0.3) is 0 Å². The second kappa shape index (κ2) is 13.5. The van der Waals surface area contributed by atoms with Crippen LogP contribution in [-0.4, -0.2) is 18.0 Å². The number of nitrogens with zero attached hydrogens (tertiary/aromatic N) is 2. The van der Waals surface area contributed by atoms with E-state index in [1.165, 1.54) is 17.3 Å². The maximum absolute atomic E-state index is 12.8. The van der Waals surface area contributed by atoms with Crippen molar-refractivity contribution in [2.75, 3.05) is 0 Å². The first-order chi connectivity index (χ1) is 22.8. The van der Waals surface area contributed by atoms with Crippen LogP contribution in [0.25, 0.3) is 66.4 Å². The molecule has 0 amide bonds. The predicted octanol–water partition coefficient (Wildman–Crippen LogP) is 10.5. The minimum Gasteiger partial charge on any atom is -0.501 e. The molecule has 0 fully saturated rings. The molecule has 0 unspecified atom stereocenters. The Hall–Kier alpha value is -4.74. The molecule has 0 bridgehead atoms. The number of hydrogen-bond acceptors (Lipinski definition) is 3. The summed E-state index contributed by atoms with van der Waals surface area (Å²) in [6, 6.07) is 43.3. The number of furan rings is 1. The van der Waals surface area contributed by atoms with E-state index in [1.54, 1.807) is 6.07 Å². The van der Waals surface area contributed by atoms with E-state index in [1.807, 2.05) is 85.2 Å². The third kappa shape index (κ3) is 6.86. The van der Waals surface area contributed by atoms with E-state index >= 15 is 0 Å². The zero-order chi connectivity index (χ0) is 32.5. The molecule has 0 aliphatic carbocycles. The van der Waals surface area contributed by atoms with Gasteiger partial charge < -0.3 is 14.4 Å². The quantitative estimate of drug-likeness (QED) is 0.131.